The van der Waals surface area contributed by atoms with Gasteiger partial charge in [-0.05, 0) is 67.0 Å². The van der Waals surface area contributed by atoms with E-state index in [2.05, 4.69) is 20.4 Å². The molecule has 0 aromatic heterocycles. The maximum absolute atomic E-state index is 12.9. The molecule has 0 N–H and O–H groups in total. The van der Waals surface area contributed by atoms with Crippen LogP contribution in [0, 0.1) is 5.41 Å². The van der Waals surface area contributed by atoms with Gasteiger partial charge >= 0.3 is 5.97 Å². The van der Waals surface area contributed by atoms with E-state index in [1.54, 1.807) is 11.8 Å². The number of ether oxygens (including phenoxy) is 1. The minimum Gasteiger partial charge on any atom is -0.464 e. The van der Waals surface area contributed by atoms with Crippen molar-refractivity contribution in [3.63, 3.8) is 0 Å². The van der Waals surface area contributed by atoms with E-state index in [0.29, 0.717) is 16.5 Å². The van der Waals surface area contributed by atoms with Gasteiger partial charge in [-0.1, -0.05) is 74.3 Å². The predicted molar refractivity (Wildman–Crippen MR) is 140 cm³/mol. The van der Waals surface area contributed by atoms with Gasteiger partial charge in [0.1, 0.15) is 6.04 Å². The molecule has 0 spiro atoms. The molecule has 0 bridgehead atoms. The zero-order valence-electron chi connectivity index (χ0n) is 20.5. The van der Waals surface area contributed by atoms with Gasteiger partial charge in [0.25, 0.3) is 0 Å². The largest absolute Gasteiger partial charge is 0.464 e. The molecule has 2 aromatic rings. The lowest BCUT2D eigenvalue weighted by Gasteiger charge is -2.41. The first-order valence-electron chi connectivity index (χ1n) is 11.7. The second kappa shape index (κ2) is 13.0. The molecule has 0 radical (unpaired) electrons. The number of rotatable bonds is 13. The van der Waals surface area contributed by atoms with E-state index in [4.69, 9.17) is 27.9 Å². The van der Waals surface area contributed by atoms with Gasteiger partial charge < -0.3 is 9.64 Å². The normalized spacial score (nSPS) is 14.1. The summed E-state index contributed by atoms with van der Waals surface area (Å²) in [5.74, 6) is -0.560. The lowest BCUT2D eigenvalue weighted by Crippen LogP contribution is -2.45. The molecule has 3 atom stereocenters. The topological polar surface area (TPSA) is 46.6 Å². The number of hydrogen-bond acceptors (Lipinski definition) is 3. The molecule has 184 valence electrons. The van der Waals surface area contributed by atoms with Crippen molar-refractivity contribution in [2.75, 3.05) is 6.61 Å². The molecule has 4 nitrogen and oxygen atoms in total. The molecule has 34 heavy (non-hydrogen) atoms. The van der Waals surface area contributed by atoms with Crippen LogP contribution in [0.5, 0.6) is 0 Å². The molecule has 0 fully saturated rings. The van der Waals surface area contributed by atoms with Crippen molar-refractivity contribution >= 4 is 35.6 Å². The molecule has 0 heterocycles. The number of carbonyl (C=O) groups excluding carboxylic acids is 2. The fraction of sp³-hybridized carbons (Fsp3) is 0.429. The molecular weight excluding hydrogens is 469 g/mol. The van der Waals surface area contributed by atoms with Gasteiger partial charge in [0, 0.05) is 16.0 Å². The Bertz CT molecular complexity index is 958. The highest BCUT2D eigenvalue weighted by Crippen LogP contribution is 2.45. The summed E-state index contributed by atoms with van der Waals surface area (Å²) in [6.45, 7) is 12.2. The van der Waals surface area contributed by atoms with E-state index >= 15 is 0 Å². The van der Waals surface area contributed by atoms with Crippen molar-refractivity contribution in [2.45, 2.75) is 65.0 Å². The van der Waals surface area contributed by atoms with Gasteiger partial charge in [-0.25, -0.2) is 4.79 Å². The van der Waals surface area contributed by atoms with Crippen LogP contribution in [0.1, 0.15) is 70.0 Å². The molecule has 0 aliphatic rings. The van der Waals surface area contributed by atoms with Crippen LogP contribution in [-0.4, -0.2) is 29.9 Å². The SMILES string of the molecule is C=CCC(C)(C)C[C@H](c1cccc(Cl)c1)C(c1ccc(Cl)cc1)N(C=O)[C@@H](CC)C(=O)OCC. The Morgan fingerprint density at radius 2 is 1.76 bits per heavy atom. The van der Waals surface area contributed by atoms with E-state index in [-0.39, 0.29) is 17.9 Å². The molecule has 1 amide bonds. The fourth-order valence-electron chi connectivity index (χ4n) is 4.56. The van der Waals surface area contributed by atoms with E-state index in [1.807, 2.05) is 61.5 Å². The van der Waals surface area contributed by atoms with Crippen molar-refractivity contribution in [3.05, 3.63) is 82.4 Å². The first-order valence-corrected chi connectivity index (χ1v) is 12.4. The molecule has 0 aliphatic carbocycles. The predicted octanol–water partition coefficient (Wildman–Crippen LogP) is 7.61. The van der Waals surface area contributed by atoms with Crippen molar-refractivity contribution in [2.24, 2.45) is 5.41 Å². The molecular formula is C28H35Cl2NO3. The molecule has 6 heteroatoms. The Morgan fingerprint density at radius 3 is 2.29 bits per heavy atom. The van der Waals surface area contributed by atoms with Gasteiger partial charge in [0.2, 0.25) is 6.41 Å². The molecule has 0 saturated carbocycles. The third-order valence-electron chi connectivity index (χ3n) is 6.09. The highest BCUT2D eigenvalue weighted by molar-refractivity contribution is 6.30. The minimum absolute atomic E-state index is 0.112. The second-order valence-electron chi connectivity index (χ2n) is 9.25. The van der Waals surface area contributed by atoms with E-state index < -0.39 is 18.1 Å². The maximum atomic E-state index is 12.9. The first kappa shape index (κ1) is 27.9. The highest BCUT2D eigenvalue weighted by atomic mass is 35.5. The summed E-state index contributed by atoms with van der Waals surface area (Å²) in [5, 5.41) is 1.22. The van der Waals surface area contributed by atoms with Crippen LogP contribution >= 0.6 is 23.2 Å². The zero-order chi connectivity index (χ0) is 25.3. The van der Waals surface area contributed by atoms with Crippen molar-refractivity contribution in [1.29, 1.82) is 0 Å². The van der Waals surface area contributed by atoms with Crippen LogP contribution in [0.15, 0.2) is 61.2 Å². The Kier molecular flexibility index (Phi) is 10.7. The highest BCUT2D eigenvalue weighted by Gasteiger charge is 2.39. The van der Waals surface area contributed by atoms with Gasteiger partial charge in [0.15, 0.2) is 0 Å². The standard InChI is InChI=1S/C28H35Cl2NO3/c1-6-16-28(4,5)18-24(21-10-9-11-23(30)17-21)26(20-12-14-22(29)15-13-20)31(19-32)25(7-2)27(33)34-8-3/h6,9-15,17,19,24-26H,1,7-8,16,18H2,2-5H3/t24-,25+,26?/m1/s1. The average molecular weight is 504 g/mol. The van der Waals surface area contributed by atoms with E-state index in [0.717, 1.165) is 30.4 Å². The first-order chi connectivity index (χ1) is 16.2. The number of carbonyl (C=O) groups is 2. The smallest absolute Gasteiger partial charge is 0.328 e. The van der Waals surface area contributed by atoms with Gasteiger partial charge in [-0.3, -0.25) is 4.79 Å². The lowest BCUT2D eigenvalue weighted by molar-refractivity contribution is -0.154. The quantitative estimate of drug-likeness (QED) is 0.160. The van der Waals surface area contributed by atoms with Crippen LogP contribution in [0.4, 0.5) is 0 Å². The average Bonchev–Trinajstić information content (AvgIpc) is 2.79. The summed E-state index contributed by atoms with van der Waals surface area (Å²) in [4.78, 5) is 27.1. The number of amides is 1. The zero-order valence-corrected chi connectivity index (χ0v) is 22.0. The molecule has 0 saturated heterocycles. The fourth-order valence-corrected chi connectivity index (χ4v) is 4.89. The third-order valence-corrected chi connectivity index (χ3v) is 6.57. The number of nitrogens with zero attached hydrogens (tertiary/aromatic N) is 1. The van der Waals surface area contributed by atoms with E-state index in [9.17, 15) is 9.59 Å². The van der Waals surface area contributed by atoms with Crippen molar-refractivity contribution in [1.82, 2.24) is 4.90 Å². The molecule has 2 aromatic carbocycles. The number of allylic oxidation sites excluding steroid dienone is 1. The number of halogens is 2. The van der Waals surface area contributed by atoms with Crippen LogP contribution in [0.2, 0.25) is 10.0 Å². The number of benzene rings is 2. The second-order valence-corrected chi connectivity index (χ2v) is 10.1. The summed E-state index contributed by atoms with van der Waals surface area (Å²) >= 11 is 12.6. The number of esters is 1. The lowest BCUT2D eigenvalue weighted by atomic mass is 9.73. The summed E-state index contributed by atoms with van der Waals surface area (Å²) in [7, 11) is 0. The minimum atomic E-state index is -0.720. The van der Waals surface area contributed by atoms with Crippen LogP contribution in [-0.2, 0) is 14.3 Å². The molecule has 1 unspecified atom stereocenters. The van der Waals surface area contributed by atoms with Gasteiger partial charge in [-0.15, -0.1) is 6.58 Å². The Balaban J connectivity index is 2.74. The van der Waals surface area contributed by atoms with Gasteiger partial charge in [-0.2, -0.15) is 0 Å². The van der Waals surface area contributed by atoms with E-state index in [1.165, 1.54) is 0 Å². The summed E-state index contributed by atoms with van der Waals surface area (Å²) < 4.78 is 5.33. The molecule has 0 aliphatic heterocycles. The monoisotopic (exact) mass is 503 g/mol. The summed E-state index contributed by atoms with van der Waals surface area (Å²) in [6, 6.07) is 14.0. The van der Waals surface area contributed by atoms with Crippen LogP contribution < -0.4 is 0 Å². The van der Waals surface area contributed by atoms with Gasteiger partial charge in [0.05, 0.1) is 12.6 Å². The van der Waals surface area contributed by atoms with Crippen molar-refractivity contribution in [3.8, 4) is 0 Å². The number of hydrogen-bond donors (Lipinski definition) is 0. The summed E-state index contributed by atoms with van der Waals surface area (Å²) in [6.07, 6.45) is 4.64. The summed E-state index contributed by atoms with van der Waals surface area (Å²) in [5.41, 5.74) is 1.77. The Morgan fingerprint density at radius 1 is 1.09 bits per heavy atom. The Labute approximate surface area is 213 Å². The van der Waals surface area contributed by atoms with Crippen LogP contribution in [0.25, 0.3) is 0 Å². The Hall–Kier alpha value is -2.30. The van der Waals surface area contributed by atoms with Crippen LogP contribution in [0.3, 0.4) is 0 Å². The van der Waals surface area contributed by atoms with Crippen molar-refractivity contribution < 1.29 is 14.3 Å². The maximum Gasteiger partial charge on any atom is 0.328 e. The third kappa shape index (κ3) is 7.35. The molecule has 2 rings (SSSR count).